The van der Waals surface area contributed by atoms with Crippen LogP contribution in [0.2, 0.25) is 0 Å². The van der Waals surface area contributed by atoms with Crippen LogP contribution in [0.25, 0.3) is 10.1 Å². The smallest absolute Gasteiger partial charge is 0.264 e. The average Bonchev–Trinajstić information content (AvgIpc) is 3.21. The Labute approximate surface area is 148 Å². The van der Waals surface area contributed by atoms with Gasteiger partial charge in [-0.25, -0.2) is 0 Å². The zero-order valence-corrected chi connectivity index (χ0v) is 14.7. The van der Waals surface area contributed by atoms with E-state index in [0.717, 1.165) is 26.2 Å². The van der Waals surface area contributed by atoms with E-state index >= 15 is 0 Å². The van der Waals surface area contributed by atoms with Gasteiger partial charge in [0.15, 0.2) is 0 Å². The largest absolute Gasteiger partial charge is 0.393 e. The third-order valence-electron chi connectivity index (χ3n) is 4.66. The van der Waals surface area contributed by atoms with E-state index in [1.807, 2.05) is 36.1 Å². The topological polar surface area (TPSA) is 78.6 Å². The van der Waals surface area contributed by atoms with Crippen LogP contribution in [-0.4, -0.2) is 44.0 Å². The number of benzene rings is 1. The highest BCUT2D eigenvalue weighted by atomic mass is 32.1. The first-order valence-electron chi connectivity index (χ1n) is 8.21. The molecule has 0 unspecified atom stereocenters. The molecule has 0 saturated carbocycles. The normalized spacial score (nSPS) is 15.4. The number of thiophene rings is 1. The standard InChI is InChI=1S/C18H19N3O3S/c1-11-13-4-2-3-5-16(13)25-17(11)18(24)20-6-7-21-12(9-20)8-14(19-21)15(23)10-22/h2-5,8,15,22-23H,6-7,9-10H2,1H3/t15-/m1/s1. The molecule has 0 bridgehead atoms. The molecule has 3 heterocycles. The van der Waals surface area contributed by atoms with Crippen molar-refractivity contribution in [2.75, 3.05) is 13.2 Å². The van der Waals surface area contributed by atoms with E-state index in [1.54, 1.807) is 10.7 Å². The molecule has 0 aliphatic carbocycles. The van der Waals surface area contributed by atoms with Crippen molar-refractivity contribution in [3.05, 3.63) is 52.2 Å². The highest BCUT2D eigenvalue weighted by molar-refractivity contribution is 7.21. The zero-order valence-electron chi connectivity index (χ0n) is 13.8. The number of nitrogens with zero attached hydrogens (tertiary/aromatic N) is 3. The molecule has 130 valence electrons. The number of rotatable bonds is 3. The Morgan fingerprint density at radius 2 is 2.16 bits per heavy atom. The van der Waals surface area contributed by atoms with E-state index in [2.05, 4.69) is 5.10 Å². The van der Waals surface area contributed by atoms with Gasteiger partial charge in [0.2, 0.25) is 0 Å². The van der Waals surface area contributed by atoms with E-state index in [4.69, 9.17) is 5.11 Å². The summed E-state index contributed by atoms with van der Waals surface area (Å²) in [4.78, 5) is 15.6. The SMILES string of the molecule is Cc1c(C(=O)N2CCn3nc([C@H](O)CO)cc3C2)sc2ccccc12. The monoisotopic (exact) mass is 357 g/mol. The van der Waals surface area contributed by atoms with Crippen LogP contribution in [0, 0.1) is 6.92 Å². The number of carbonyl (C=O) groups is 1. The Balaban J connectivity index is 1.61. The van der Waals surface area contributed by atoms with Crippen LogP contribution >= 0.6 is 11.3 Å². The summed E-state index contributed by atoms with van der Waals surface area (Å²) in [6.45, 7) is 3.26. The van der Waals surface area contributed by atoms with Gasteiger partial charge in [-0.2, -0.15) is 5.10 Å². The fourth-order valence-corrected chi connectivity index (χ4v) is 4.42. The Kier molecular flexibility index (Phi) is 4.07. The van der Waals surface area contributed by atoms with E-state index < -0.39 is 6.10 Å². The number of aliphatic hydroxyl groups is 2. The van der Waals surface area contributed by atoms with Crippen LogP contribution in [0.3, 0.4) is 0 Å². The van der Waals surface area contributed by atoms with Crippen LogP contribution < -0.4 is 0 Å². The van der Waals surface area contributed by atoms with E-state index in [9.17, 15) is 9.90 Å². The van der Waals surface area contributed by atoms with Crippen molar-refractivity contribution in [2.24, 2.45) is 0 Å². The summed E-state index contributed by atoms with van der Waals surface area (Å²) in [5, 5.41) is 24.3. The van der Waals surface area contributed by atoms with Gasteiger partial charge in [-0.05, 0) is 30.0 Å². The summed E-state index contributed by atoms with van der Waals surface area (Å²) >= 11 is 1.53. The fraction of sp³-hybridized carbons (Fsp3) is 0.333. The van der Waals surface area contributed by atoms with Crippen molar-refractivity contribution in [1.82, 2.24) is 14.7 Å². The molecule has 7 heteroatoms. The number of fused-ring (bicyclic) bond motifs is 2. The minimum Gasteiger partial charge on any atom is -0.393 e. The summed E-state index contributed by atoms with van der Waals surface area (Å²) in [6.07, 6.45) is -0.980. The number of aryl methyl sites for hydroxylation is 1. The van der Waals surface area contributed by atoms with E-state index in [1.165, 1.54) is 11.3 Å². The molecule has 0 fully saturated rings. The van der Waals surface area contributed by atoms with Gasteiger partial charge in [-0.1, -0.05) is 18.2 Å². The number of amides is 1. The molecule has 2 N–H and O–H groups in total. The van der Waals surface area contributed by atoms with Crippen LogP contribution in [0.4, 0.5) is 0 Å². The van der Waals surface area contributed by atoms with Gasteiger partial charge in [-0.15, -0.1) is 11.3 Å². The van der Waals surface area contributed by atoms with Crippen LogP contribution in [-0.2, 0) is 13.1 Å². The van der Waals surface area contributed by atoms with Gasteiger partial charge in [0.25, 0.3) is 5.91 Å². The lowest BCUT2D eigenvalue weighted by Gasteiger charge is -2.27. The van der Waals surface area contributed by atoms with Crippen molar-refractivity contribution in [1.29, 1.82) is 0 Å². The molecule has 1 aliphatic rings. The number of aromatic nitrogens is 2. The zero-order chi connectivity index (χ0) is 17.6. The van der Waals surface area contributed by atoms with Crippen molar-refractivity contribution in [3.63, 3.8) is 0 Å². The summed E-state index contributed by atoms with van der Waals surface area (Å²) in [5.74, 6) is 0.0374. The fourth-order valence-electron chi connectivity index (χ4n) is 3.24. The lowest BCUT2D eigenvalue weighted by atomic mass is 10.1. The number of aliphatic hydroxyl groups excluding tert-OH is 2. The van der Waals surface area contributed by atoms with Gasteiger partial charge in [-0.3, -0.25) is 9.48 Å². The summed E-state index contributed by atoms with van der Waals surface area (Å²) in [6, 6.07) is 9.82. The maximum absolute atomic E-state index is 13.0. The molecule has 1 aromatic carbocycles. The molecule has 4 rings (SSSR count). The lowest BCUT2D eigenvalue weighted by molar-refractivity contribution is 0.0709. The highest BCUT2D eigenvalue weighted by Crippen LogP contribution is 2.32. The maximum Gasteiger partial charge on any atom is 0.264 e. The van der Waals surface area contributed by atoms with E-state index in [0.29, 0.717) is 25.3 Å². The Hall–Kier alpha value is -2.22. The first-order valence-corrected chi connectivity index (χ1v) is 9.03. The van der Waals surface area contributed by atoms with Crippen molar-refractivity contribution in [3.8, 4) is 0 Å². The second-order valence-electron chi connectivity index (χ2n) is 6.26. The third-order valence-corrected chi connectivity index (χ3v) is 5.92. The molecule has 0 saturated heterocycles. The molecular weight excluding hydrogens is 338 g/mol. The predicted molar refractivity (Wildman–Crippen MR) is 95.6 cm³/mol. The quantitative estimate of drug-likeness (QED) is 0.752. The molecular formula is C18H19N3O3S. The molecule has 1 amide bonds. The second-order valence-corrected chi connectivity index (χ2v) is 7.31. The van der Waals surface area contributed by atoms with E-state index in [-0.39, 0.29) is 12.5 Å². The Bertz CT molecular complexity index is 946. The molecule has 0 spiro atoms. The first kappa shape index (κ1) is 16.3. The molecule has 3 aromatic rings. The van der Waals surface area contributed by atoms with Crippen LogP contribution in [0.15, 0.2) is 30.3 Å². The minimum absolute atomic E-state index is 0.0374. The van der Waals surface area contributed by atoms with Gasteiger partial charge in [0, 0.05) is 11.2 Å². The molecule has 0 radical (unpaired) electrons. The summed E-state index contributed by atoms with van der Waals surface area (Å²) in [7, 11) is 0. The van der Waals surface area contributed by atoms with Gasteiger partial charge in [0.05, 0.1) is 36.0 Å². The lowest BCUT2D eigenvalue weighted by Crippen LogP contribution is -2.38. The van der Waals surface area contributed by atoms with Gasteiger partial charge < -0.3 is 15.1 Å². The molecule has 25 heavy (non-hydrogen) atoms. The molecule has 2 aromatic heterocycles. The van der Waals surface area contributed by atoms with Crippen molar-refractivity contribution < 1.29 is 15.0 Å². The third kappa shape index (κ3) is 2.74. The van der Waals surface area contributed by atoms with Crippen LogP contribution in [0.1, 0.15) is 32.7 Å². The summed E-state index contributed by atoms with van der Waals surface area (Å²) < 4.78 is 2.93. The van der Waals surface area contributed by atoms with Gasteiger partial charge >= 0.3 is 0 Å². The van der Waals surface area contributed by atoms with Gasteiger partial charge in [0.1, 0.15) is 6.10 Å². The van der Waals surface area contributed by atoms with Crippen LogP contribution in [0.5, 0.6) is 0 Å². The molecule has 1 aliphatic heterocycles. The number of carbonyl (C=O) groups excluding carboxylic acids is 1. The maximum atomic E-state index is 13.0. The number of hydrogen-bond acceptors (Lipinski definition) is 5. The molecule has 1 atom stereocenters. The summed E-state index contributed by atoms with van der Waals surface area (Å²) in [5.41, 5.74) is 2.35. The number of hydrogen-bond donors (Lipinski definition) is 2. The minimum atomic E-state index is -0.980. The molecule has 6 nitrogen and oxygen atoms in total. The highest BCUT2D eigenvalue weighted by Gasteiger charge is 2.27. The first-order chi connectivity index (χ1) is 12.1. The Morgan fingerprint density at radius 1 is 1.36 bits per heavy atom. The van der Waals surface area contributed by atoms with Crippen molar-refractivity contribution in [2.45, 2.75) is 26.1 Å². The van der Waals surface area contributed by atoms with Crippen molar-refractivity contribution >= 4 is 27.3 Å². The predicted octanol–water partition coefficient (Wildman–Crippen LogP) is 2.09. The Morgan fingerprint density at radius 3 is 2.92 bits per heavy atom. The average molecular weight is 357 g/mol. The second kappa shape index (κ2) is 6.25.